The molecule has 0 spiro atoms. The number of benzene rings is 1. The van der Waals surface area contributed by atoms with Crippen LogP contribution in [0.2, 0.25) is 0 Å². The average molecular weight is 523 g/mol. The highest BCUT2D eigenvalue weighted by Gasteiger charge is 2.25. The molecule has 0 aliphatic carbocycles. The monoisotopic (exact) mass is 522 g/mol. The topological polar surface area (TPSA) is 62.7 Å². The average Bonchev–Trinajstić information content (AvgIpc) is 3.33. The summed E-state index contributed by atoms with van der Waals surface area (Å²) in [5, 5.41) is 5.69. The quantitative estimate of drug-likeness (QED) is 0.294. The van der Waals surface area contributed by atoms with Gasteiger partial charge >= 0.3 is 0 Å². The summed E-state index contributed by atoms with van der Waals surface area (Å²) in [6.07, 6.45) is 15.0. The zero-order valence-corrected chi connectivity index (χ0v) is 22.9. The Morgan fingerprint density at radius 3 is 2.50 bits per heavy atom. The third-order valence-electron chi connectivity index (χ3n) is 7.88. The van der Waals surface area contributed by atoms with Gasteiger partial charge in [0.15, 0.2) is 0 Å². The van der Waals surface area contributed by atoms with Crippen molar-refractivity contribution in [2.24, 2.45) is 10.6 Å². The van der Waals surface area contributed by atoms with Gasteiger partial charge in [0, 0.05) is 59.3 Å². The van der Waals surface area contributed by atoms with E-state index in [1.165, 1.54) is 43.4 Å². The maximum Gasteiger partial charge on any atom is 0.137 e. The summed E-state index contributed by atoms with van der Waals surface area (Å²) in [6.45, 7) is 13.1. The van der Waals surface area contributed by atoms with E-state index >= 15 is 0 Å². The predicted molar refractivity (Wildman–Crippen MR) is 157 cm³/mol. The van der Waals surface area contributed by atoms with E-state index < -0.39 is 0 Å². The van der Waals surface area contributed by atoms with Crippen LogP contribution in [-0.4, -0.2) is 37.3 Å². The first-order valence-corrected chi connectivity index (χ1v) is 14.0. The van der Waals surface area contributed by atoms with Crippen LogP contribution < -0.4 is 5.14 Å². The molecule has 2 aliphatic rings. The van der Waals surface area contributed by atoms with E-state index in [1.807, 2.05) is 24.5 Å². The number of hydrogen-bond acceptors (Lipinski definition) is 6. The van der Waals surface area contributed by atoms with Crippen molar-refractivity contribution in [3.05, 3.63) is 96.3 Å². The fourth-order valence-corrected chi connectivity index (χ4v) is 5.68. The second kappa shape index (κ2) is 10.1. The molecule has 7 heteroatoms. The highest BCUT2D eigenvalue weighted by molar-refractivity contribution is 7.97. The van der Waals surface area contributed by atoms with E-state index in [9.17, 15) is 0 Å². The maximum absolute atomic E-state index is 5.69. The van der Waals surface area contributed by atoms with E-state index in [1.54, 1.807) is 0 Å². The molecule has 0 amide bonds. The van der Waals surface area contributed by atoms with Crippen LogP contribution in [-0.2, 0) is 13.1 Å². The highest BCUT2D eigenvalue weighted by atomic mass is 32.2. The fraction of sp³-hybridized carbons (Fsp3) is 0.290. The first kappa shape index (κ1) is 24.9. The fourth-order valence-electron chi connectivity index (χ4n) is 5.39. The van der Waals surface area contributed by atoms with Gasteiger partial charge in [0.1, 0.15) is 5.65 Å². The normalized spacial score (nSPS) is 17.2. The molecule has 38 heavy (non-hydrogen) atoms. The summed E-state index contributed by atoms with van der Waals surface area (Å²) in [5.74, 6) is 0. The Morgan fingerprint density at radius 2 is 1.74 bits per heavy atom. The molecule has 6 nitrogen and oxygen atoms in total. The van der Waals surface area contributed by atoms with Crippen LogP contribution in [0.5, 0.6) is 0 Å². The first-order chi connectivity index (χ1) is 18.4. The number of rotatable bonds is 6. The summed E-state index contributed by atoms with van der Waals surface area (Å²) < 4.78 is 2.16. The Labute approximate surface area is 229 Å². The van der Waals surface area contributed by atoms with Gasteiger partial charge in [0.05, 0.1) is 12.2 Å². The summed E-state index contributed by atoms with van der Waals surface area (Å²) in [7, 11) is 0. The Balaban J connectivity index is 1.18. The standard InChI is InChI=1S/C31H34N6S/c1-22-28-16-33-17-29(24-5-7-26(38-32)8-6-24)27(28)10-13-36(22)20-25-21-37-19-23(4-9-30(37)34-25)18-35-14-11-31(2,3)12-15-35/h4-10,13,16-17,19,21H,1,11-12,14-15,18,20,32H2,2-3H3. The van der Waals surface area contributed by atoms with Crippen LogP contribution >= 0.6 is 11.9 Å². The molecule has 3 aromatic heterocycles. The maximum atomic E-state index is 5.69. The van der Waals surface area contributed by atoms with Gasteiger partial charge in [-0.15, -0.1) is 0 Å². The van der Waals surface area contributed by atoms with Gasteiger partial charge in [-0.25, -0.2) is 4.98 Å². The van der Waals surface area contributed by atoms with Crippen molar-refractivity contribution in [1.82, 2.24) is 24.2 Å². The van der Waals surface area contributed by atoms with E-state index in [4.69, 9.17) is 10.1 Å². The zero-order chi connectivity index (χ0) is 26.3. The summed E-state index contributed by atoms with van der Waals surface area (Å²) in [4.78, 5) is 15.2. The van der Waals surface area contributed by atoms with Crippen LogP contribution in [0.1, 0.15) is 49.1 Å². The molecule has 0 radical (unpaired) electrons. The van der Waals surface area contributed by atoms with E-state index in [-0.39, 0.29) is 0 Å². The lowest BCUT2D eigenvalue weighted by Gasteiger charge is -2.36. The van der Waals surface area contributed by atoms with Gasteiger partial charge in [-0.2, -0.15) is 0 Å². The molecule has 1 saturated heterocycles. The largest absolute Gasteiger partial charge is 0.342 e. The lowest BCUT2D eigenvalue weighted by Crippen LogP contribution is -2.36. The van der Waals surface area contributed by atoms with Crippen LogP contribution in [0.4, 0.5) is 0 Å². The molecule has 0 atom stereocenters. The van der Waals surface area contributed by atoms with Crippen LogP contribution in [0.15, 0.2) is 78.9 Å². The molecule has 194 valence electrons. The molecular weight excluding hydrogens is 488 g/mol. The van der Waals surface area contributed by atoms with Crippen molar-refractivity contribution in [2.75, 3.05) is 13.1 Å². The molecule has 5 heterocycles. The first-order valence-electron chi connectivity index (χ1n) is 13.2. The number of nitrogens with zero attached hydrogens (tertiary/aromatic N) is 5. The van der Waals surface area contributed by atoms with Crippen molar-refractivity contribution >= 4 is 29.4 Å². The number of nitrogens with two attached hydrogens (primary N) is 1. The highest BCUT2D eigenvalue weighted by Crippen LogP contribution is 2.35. The summed E-state index contributed by atoms with van der Waals surface area (Å²) >= 11 is 1.25. The van der Waals surface area contributed by atoms with Crippen molar-refractivity contribution < 1.29 is 0 Å². The number of pyridine rings is 2. The number of piperidine rings is 1. The SMILES string of the molecule is C=C1c2cncc(-c3ccc(SN)cc3)c2C=CN1Cc1cn2cc(CN3CCC(C)(C)CC3)ccc2n1. The van der Waals surface area contributed by atoms with Gasteiger partial charge in [0.25, 0.3) is 0 Å². The van der Waals surface area contributed by atoms with Gasteiger partial charge in [-0.1, -0.05) is 38.6 Å². The van der Waals surface area contributed by atoms with E-state index in [0.717, 1.165) is 50.7 Å². The van der Waals surface area contributed by atoms with Crippen molar-refractivity contribution in [2.45, 2.75) is 44.7 Å². The second-order valence-electron chi connectivity index (χ2n) is 11.2. The Kier molecular flexibility index (Phi) is 6.60. The molecule has 0 unspecified atom stereocenters. The smallest absolute Gasteiger partial charge is 0.137 e. The van der Waals surface area contributed by atoms with Gasteiger partial charge < -0.3 is 9.30 Å². The van der Waals surface area contributed by atoms with Crippen LogP contribution in [0.3, 0.4) is 0 Å². The Bertz CT molecular complexity index is 1510. The van der Waals surface area contributed by atoms with Crippen LogP contribution in [0, 0.1) is 5.41 Å². The number of aromatic nitrogens is 3. The molecule has 0 bridgehead atoms. The number of likely N-dealkylation sites (tertiary alicyclic amines) is 1. The molecular formula is C31H34N6S. The van der Waals surface area contributed by atoms with E-state index in [0.29, 0.717) is 12.0 Å². The van der Waals surface area contributed by atoms with Gasteiger partial charge in [0.2, 0.25) is 0 Å². The minimum absolute atomic E-state index is 0.472. The lowest BCUT2D eigenvalue weighted by atomic mass is 9.82. The van der Waals surface area contributed by atoms with Crippen LogP contribution in [0.25, 0.3) is 28.5 Å². The number of imidazole rings is 1. The van der Waals surface area contributed by atoms with Gasteiger partial charge in [-0.3, -0.25) is 15.0 Å². The number of hydrogen-bond donors (Lipinski definition) is 1. The summed E-state index contributed by atoms with van der Waals surface area (Å²) in [5.41, 5.74) is 9.08. The molecule has 1 fully saturated rings. The third-order valence-corrected chi connectivity index (χ3v) is 8.42. The van der Waals surface area contributed by atoms with Gasteiger partial charge in [-0.05, 0) is 84.3 Å². The third kappa shape index (κ3) is 5.01. The lowest BCUT2D eigenvalue weighted by molar-refractivity contribution is 0.127. The van der Waals surface area contributed by atoms with E-state index in [2.05, 4.69) is 88.5 Å². The molecule has 6 rings (SSSR count). The molecule has 1 aromatic carbocycles. The predicted octanol–water partition coefficient (Wildman–Crippen LogP) is 6.44. The minimum atomic E-state index is 0.472. The zero-order valence-electron chi connectivity index (χ0n) is 22.1. The summed E-state index contributed by atoms with van der Waals surface area (Å²) in [6, 6.07) is 12.6. The minimum Gasteiger partial charge on any atom is -0.342 e. The molecule has 0 saturated carbocycles. The Morgan fingerprint density at radius 1 is 0.974 bits per heavy atom. The number of fused-ring (bicyclic) bond motifs is 2. The molecule has 2 aliphatic heterocycles. The molecule has 4 aromatic rings. The Hall–Kier alpha value is -3.39. The molecule has 2 N–H and O–H groups in total. The van der Waals surface area contributed by atoms with Crippen molar-refractivity contribution in [3.8, 4) is 11.1 Å². The van der Waals surface area contributed by atoms with Crippen molar-refractivity contribution in [3.63, 3.8) is 0 Å². The van der Waals surface area contributed by atoms with Crippen molar-refractivity contribution in [1.29, 1.82) is 0 Å². The second-order valence-corrected chi connectivity index (χ2v) is 11.9.